The van der Waals surface area contributed by atoms with E-state index in [1.165, 1.54) is 0 Å². The lowest BCUT2D eigenvalue weighted by atomic mass is 10.1. The Kier molecular flexibility index (Phi) is 1.15. The Balaban J connectivity index is 2.25. The van der Waals surface area contributed by atoms with Crippen LogP contribution in [0.25, 0.3) is 0 Å². The normalized spacial score (nSPS) is 27.4. The number of hydrogen-bond donors (Lipinski definition) is 1. The van der Waals surface area contributed by atoms with Crippen molar-refractivity contribution >= 4 is 5.91 Å². The van der Waals surface area contributed by atoms with Gasteiger partial charge in [0, 0.05) is 0 Å². The Morgan fingerprint density at radius 1 is 1.75 bits per heavy atom. The van der Waals surface area contributed by atoms with Gasteiger partial charge in [0.1, 0.15) is 0 Å². The summed E-state index contributed by atoms with van der Waals surface area (Å²) < 4.78 is 22.9. The molecule has 1 atom stereocenters. The highest BCUT2D eigenvalue weighted by atomic mass is 19.3. The molecule has 4 heteroatoms. The van der Waals surface area contributed by atoms with E-state index in [0.717, 1.165) is 0 Å². The number of β-lactam (4-membered cyclic amide) rings is 1. The fourth-order valence-electron chi connectivity index (χ4n) is 0.537. The topological polar surface area (TPSA) is 29.1 Å². The average molecular weight is 121 g/mol. The quantitative estimate of drug-likeness (QED) is 0.491. The van der Waals surface area contributed by atoms with Gasteiger partial charge < -0.3 is 5.32 Å². The van der Waals surface area contributed by atoms with Crippen LogP contribution in [0.3, 0.4) is 0 Å². The zero-order valence-corrected chi connectivity index (χ0v) is 4.03. The van der Waals surface area contributed by atoms with Gasteiger partial charge in [0.25, 0.3) is 6.43 Å². The average Bonchev–Trinajstić information content (AvgIpc) is 1.57. The van der Waals surface area contributed by atoms with Crippen molar-refractivity contribution in [3.8, 4) is 0 Å². The third kappa shape index (κ3) is 0.778. The van der Waals surface area contributed by atoms with Crippen molar-refractivity contribution in [3.63, 3.8) is 0 Å². The summed E-state index contributed by atoms with van der Waals surface area (Å²) in [6.07, 6.45) is -2.41. The highest BCUT2D eigenvalue weighted by Crippen LogP contribution is 2.11. The number of hydrogen-bond acceptors (Lipinski definition) is 1. The first kappa shape index (κ1) is 5.47. The molecule has 1 rings (SSSR count). The maximum atomic E-state index is 11.4. The number of carbonyl (C=O) groups excluding carboxylic acids is 1. The maximum absolute atomic E-state index is 11.4. The second kappa shape index (κ2) is 1.69. The maximum Gasteiger partial charge on any atom is 0.258 e. The van der Waals surface area contributed by atoms with Crippen molar-refractivity contribution in [2.24, 2.45) is 0 Å². The van der Waals surface area contributed by atoms with Crippen LogP contribution in [-0.4, -0.2) is 18.4 Å². The molecule has 0 aromatic rings. The molecule has 0 saturated carbocycles. The van der Waals surface area contributed by atoms with Gasteiger partial charge in [0.2, 0.25) is 5.91 Å². The molecule has 1 N–H and O–H groups in total. The van der Waals surface area contributed by atoms with Crippen LogP contribution in [0.1, 0.15) is 6.42 Å². The Bertz CT molecular complexity index is 107. The smallest absolute Gasteiger partial charge is 0.258 e. The third-order valence-corrected chi connectivity index (χ3v) is 1.06. The summed E-state index contributed by atoms with van der Waals surface area (Å²) in [5.41, 5.74) is 0. The van der Waals surface area contributed by atoms with Crippen molar-refractivity contribution in [1.29, 1.82) is 0 Å². The molecule has 1 aliphatic heterocycles. The van der Waals surface area contributed by atoms with E-state index >= 15 is 0 Å². The van der Waals surface area contributed by atoms with E-state index in [-0.39, 0.29) is 12.3 Å². The van der Waals surface area contributed by atoms with E-state index in [9.17, 15) is 13.6 Å². The lowest BCUT2D eigenvalue weighted by Crippen LogP contribution is -2.52. The van der Waals surface area contributed by atoms with Gasteiger partial charge in [-0.1, -0.05) is 0 Å². The molecular weight excluding hydrogens is 116 g/mol. The molecule has 1 amide bonds. The van der Waals surface area contributed by atoms with Gasteiger partial charge >= 0.3 is 0 Å². The number of nitrogens with one attached hydrogen (secondary N) is 1. The minimum Gasteiger partial charge on any atom is -0.347 e. The summed E-state index contributed by atoms with van der Waals surface area (Å²) in [6.45, 7) is 0. The van der Waals surface area contributed by atoms with Gasteiger partial charge in [-0.05, 0) is 0 Å². The molecule has 1 unspecified atom stereocenters. The molecule has 1 heterocycles. The molecule has 46 valence electrons. The van der Waals surface area contributed by atoms with Gasteiger partial charge in [0.05, 0.1) is 12.5 Å². The summed E-state index contributed by atoms with van der Waals surface area (Å²) in [5, 5.41) is 2.05. The number of alkyl halides is 2. The molecule has 0 radical (unpaired) electrons. The first-order chi connectivity index (χ1) is 3.70. The summed E-state index contributed by atoms with van der Waals surface area (Å²) in [6, 6.07) is -0.873. The van der Waals surface area contributed by atoms with Gasteiger partial charge in [0.15, 0.2) is 0 Å². The van der Waals surface area contributed by atoms with Crippen LogP contribution in [0, 0.1) is 0 Å². The summed E-state index contributed by atoms with van der Waals surface area (Å²) >= 11 is 0. The van der Waals surface area contributed by atoms with E-state index in [1.807, 2.05) is 0 Å². The van der Waals surface area contributed by atoms with Crippen LogP contribution in [0.2, 0.25) is 0 Å². The fraction of sp³-hybridized carbons (Fsp3) is 0.750. The SMILES string of the molecule is O=C1CC(C(F)F)N1. The summed E-state index contributed by atoms with van der Waals surface area (Å²) in [5.74, 6) is -0.282. The van der Waals surface area contributed by atoms with Crippen molar-refractivity contribution < 1.29 is 13.6 Å². The van der Waals surface area contributed by atoms with Crippen LogP contribution in [0.5, 0.6) is 0 Å². The van der Waals surface area contributed by atoms with E-state index < -0.39 is 12.5 Å². The first-order valence-corrected chi connectivity index (χ1v) is 2.27. The van der Waals surface area contributed by atoms with Gasteiger partial charge in [-0.15, -0.1) is 0 Å². The Morgan fingerprint density at radius 2 is 2.25 bits per heavy atom. The third-order valence-electron chi connectivity index (χ3n) is 1.06. The van der Waals surface area contributed by atoms with E-state index in [4.69, 9.17) is 0 Å². The van der Waals surface area contributed by atoms with Crippen LogP contribution in [-0.2, 0) is 4.79 Å². The standard InChI is InChI=1S/C4H5F2NO/c5-4(6)2-1-3(8)7-2/h2,4H,1H2,(H,7,8). The molecule has 1 aliphatic rings. The molecule has 0 aliphatic carbocycles. The molecular formula is C4H5F2NO. The molecule has 0 bridgehead atoms. The number of amides is 1. The molecule has 0 aromatic heterocycles. The first-order valence-electron chi connectivity index (χ1n) is 2.27. The molecule has 2 nitrogen and oxygen atoms in total. The van der Waals surface area contributed by atoms with Crippen LogP contribution < -0.4 is 5.32 Å². The highest BCUT2D eigenvalue weighted by molar-refractivity contribution is 5.82. The molecule has 1 fully saturated rings. The van der Waals surface area contributed by atoms with E-state index in [0.29, 0.717) is 0 Å². The minimum absolute atomic E-state index is 0.0162. The van der Waals surface area contributed by atoms with Gasteiger partial charge in [-0.25, -0.2) is 8.78 Å². The van der Waals surface area contributed by atoms with Crippen molar-refractivity contribution in [2.45, 2.75) is 18.9 Å². The van der Waals surface area contributed by atoms with Gasteiger partial charge in [-0.3, -0.25) is 4.79 Å². The predicted molar refractivity (Wildman–Crippen MR) is 22.6 cm³/mol. The molecule has 8 heavy (non-hydrogen) atoms. The monoisotopic (exact) mass is 121 g/mol. The Hall–Kier alpha value is -0.670. The van der Waals surface area contributed by atoms with Crippen molar-refractivity contribution in [3.05, 3.63) is 0 Å². The lowest BCUT2D eigenvalue weighted by Gasteiger charge is -2.25. The number of halogens is 2. The van der Waals surface area contributed by atoms with Crippen LogP contribution in [0.4, 0.5) is 8.78 Å². The summed E-state index contributed by atoms with van der Waals surface area (Å²) in [4.78, 5) is 9.97. The predicted octanol–water partition coefficient (Wildman–Crippen LogP) is 0.140. The zero-order valence-electron chi connectivity index (χ0n) is 4.03. The highest BCUT2D eigenvalue weighted by Gasteiger charge is 2.32. The summed E-state index contributed by atoms with van der Waals surface area (Å²) in [7, 11) is 0. The van der Waals surface area contributed by atoms with E-state index in [2.05, 4.69) is 5.32 Å². The largest absolute Gasteiger partial charge is 0.347 e. The molecule has 0 aromatic carbocycles. The van der Waals surface area contributed by atoms with Gasteiger partial charge in [-0.2, -0.15) is 0 Å². The fourth-order valence-corrected chi connectivity index (χ4v) is 0.537. The number of carbonyl (C=O) groups is 1. The lowest BCUT2D eigenvalue weighted by molar-refractivity contribution is -0.132. The Morgan fingerprint density at radius 3 is 2.38 bits per heavy atom. The van der Waals surface area contributed by atoms with Crippen LogP contribution >= 0.6 is 0 Å². The van der Waals surface area contributed by atoms with E-state index in [1.54, 1.807) is 0 Å². The zero-order chi connectivity index (χ0) is 6.15. The molecule has 1 saturated heterocycles. The second-order valence-electron chi connectivity index (χ2n) is 1.71. The van der Waals surface area contributed by atoms with Crippen molar-refractivity contribution in [2.75, 3.05) is 0 Å². The van der Waals surface area contributed by atoms with Crippen molar-refractivity contribution in [1.82, 2.24) is 5.32 Å². The second-order valence-corrected chi connectivity index (χ2v) is 1.71. The minimum atomic E-state index is -2.40. The van der Waals surface area contributed by atoms with Crippen LogP contribution in [0.15, 0.2) is 0 Å². The molecule has 0 spiro atoms. The Labute approximate surface area is 44.9 Å². The number of rotatable bonds is 1.